The highest BCUT2D eigenvalue weighted by Gasteiger charge is 2.06. The maximum absolute atomic E-state index is 13.2. The van der Waals surface area contributed by atoms with Crippen LogP contribution in [0.3, 0.4) is 0 Å². The molecule has 0 saturated carbocycles. The fraction of sp³-hybridized carbons (Fsp3) is 0. The Bertz CT molecular complexity index is 558. The second-order valence-corrected chi connectivity index (χ2v) is 4.61. The second kappa shape index (κ2) is 4.87. The van der Waals surface area contributed by atoms with E-state index in [-0.39, 0.29) is 11.5 Å². The number of nitrogen functional groups attached to an aromatic ring is 1. The van der Waals surface area contributed by atoms with Crippen molar-refractivity contribution in [3.63, 3.8) is 0 Å². The zero-order valence-corrected chi connectivity index (χ0v) is 10.8. The average molecular weight is 346 g/mol. The van der Waals surface area contributed by atoms with Crippen molar-refractivity contribution in [2.24, 2.45) is 0 Å². The first-order valence-electron chi connectivity index (χ1n) is 4.84. The van der Waals surface area contributed by atoms with E-state index < -0.39 is 5.82 Å². The lowest BCUT2D eigenvalue weighted by Gasteiger charge is -2.11. The van der Waals surface area contributed by atoms with Gasteiger partial charge in [-0.3, -0.25) is 0 Å². The maximum Gasteiger partial charge on any atom is 0.148 e. The van der Waals surface area contributed by atoms with Crippen LogP contribution in [0.4, 0.5) is 25.8 Å². The first-order chi connectivity index (χ1) is 8.08. The molecule has 0 saturated heterocycles. The number of nitrogens with two attached hydrogens (primary N) is 1. The van der Waals surface area contributed by atoms with Crippen molar-refractivity contribution < 1.29 is 8.78 Å². The molecular weight excluding hydrogens is 337 g/mol. The van der Waals surface area contributed by atoms with Crippen LogP contribution in [0.25, 0.3) is 0 Å². The van der Waals surface area contributed by atoms with Crippen molar-refractivity contribution in [2.75, 3.05) is 11.1 Å². The van der Waals surface area contributed by atoms with Gasteiger partial charge in [-0.1, -0.05) is 6.07 Å². The van der Waals surface area contributed by atoms with Gasteiger partial charge in [0.25, 0.3) is 0 Å². The molecule has 0 heterocycles. The van der Waals surface area contributed by atoms with Crippen LogP contribution in [0.5, 0.6) is 0 Å². The van der Waals surface area contributed by atoms with E-state index in [1.807, 2.05) is 22.6 Å². The SMILES string of the molecule is Nc1c(F)cccc1Nc1ccc(F)cc1I. The topological polar surface area (TPSA) is 38.0 Å². The average Bonchev–Trinajstić information content (AvgIpc) is 2.28. The lowest BCUT2D eigenvalue weighted by atomic mass is 10.2. The zero-order valence-electron chi connectivity index (χ0n) is 8.68. The van der Waals surface area contributed by atoms with Gasteiger partial charge < -0.3 is 11.1 Å². The molecule has 0 aliphatic carbocycles. The van der Waals surface area contributed by atoms with Crippen LogP contribution in [-0.2, 0) is 0 Å². The predicted octanol–water partition coefficient (Wildman–Crippen LogP) is 3.90. The fourth-order valence-corrected chi connectivity index (χ4v) is 1.99. The molecule has 2 rings (SSSR count). The van der Waals surface area contributed by atoms with Gasteiger partial charge in [0.15, 0.2) is 0 Å². The number of benzene rings is 2. The quantitative estimate of drug-likeness (QED) is 0.640. The van der Waals surface area contributed by atoms with Gasteiger partial charge in [0.1, 0.15) is 11.6 Å². The third kappa shape index (κ3) is 2.66. The summed E-state index contributed by atoms with van der Waals surface area (Å²) in [5.74, 6) is -0.792. The third-order valence-corrected chi connectivity index (χ3v) is 3.15. The number of rotatable bonds is 2. The van der Waals surface area contributed by atoms with Gasteiger partial charge in [-0.2, -0.15) is 0 Å². The molecule has 5 heteroatoms. The van der Waals surface area contributed by atoms with E-state index in [4.69, 9.17) is 5.73 Å². The monoisotopic (exact) mass is 346 g/mol. The summed E-state index contributed by atoms with van der Waals surface area (Å²) in [6.45, 7) is 0. The molecule has 0 fully saturated rings. The molecular formula is C12H9F2IN2. The number of anilines is 3. The summed E-state index contributed by atoms with van der Waals surface area (Å²) in [4.78, 5) is 0. The van der Waals surface area contributed by atoms with Gasteiger partial charge >= 0.3 is 0 Å². The summed E-state index contributed by atoms with van der Waals surface area (Å²) in [6.07, 6.45) is 0. The summed E-state index contributed by atoms with van der Waals surface area (Å²) in [6, 6.07) is 8.82. The van der Waals surface area contributed by atoms with E-state index >= 15 is 0 Å². The van der Waals surface area contributed by atoms with E-state index in [1.54, 1.807) is 18.2 Å². The summed E-state index contributed by atoms with van der Waals surface area (Å²) >= 11 is 2.00. The molecule has 0 bridgehead atoms. The number of hydrogen-bond donors (Lipinski definition) is 2. The Labute approximate surface area is 111 Å². The van der Waals surface area contributed by atoms with Crippen LogP contribution >= 0.6 is 22.6 Å². The Morgan fingerprint density at radius 2 is 1.82 bits per heavy atom. The minimum absolute atomic E-state index is 0.0487. The molecule has 0 atom stereocenters. The van der Waals surface area contributed by atoms with Crippen molar-refractivity contribution >= 4 is 39.7 Å². The van der Waals surface area contributed by atoms with Crippen molar-refractivity contribution in [3.8, 4) is 0 Å². The maximum atomic E-state index is 13.2. The lowest BCUT2D eigenvalue weighted by Crippen LogP contribution is -2.00. The zero-order chi connectivity index (χ0) is 12.4. The van der Waals surface area contributed by atoms with Gasteiger partial charge in [0, 0.05) is 3.57 Å². The Kier molecular flexibility index (Phi) is 3.46. The molecule has 0 aliphatic rings. The van der Waals surface area contributed by atoms with Crippen molar-refractivity contribution in [1.82, 2.24) is 0 Å². The van der Waals surface area contributed by atoms with Crippen molar-refractivity contribution in [3.05, 3.63) is 51.6 Å². The fourth-order valence-electron chi connectivity index (χ4n) is 1.38. The van der Waals surface area contributed by atoms with Gasteiger partial charge in [-0.25, -0.2) is 8.78 Å². The molecule has 0 unspecified atom stereocenters. The Balaban J connectivity index is 2.35. The van der Waals surface area contributed by atoms with Crippen LogP contribution in [0.1, 0.15) is 0 Å². The van der Waals surface area contributed by atoms with E-state index in [0.717, 1.165) is 0 Å². The number of hydrogen-bond acceptors (Lipinski definition) is 2. The molecule has 0 aromatic heterocycles. The standard InChI is InChI=1S/C12H9F2IN2/c13-7-4-5-10(9(15)6-7)17-11-3-1-2-8(14)12(11)16/h1-6,17H,16H2. The lowest BCUT2D eigenvalue weighted by molar-refractivity contribution is 0.627. The van der Waals surface area contributed by atoms with Gasteiger partial charge in [-0.15, -0.1) is 0 Å². The van der Waals surface area contributed by atoms with Gasteiger partial charge in [-0.05, 0) is 52.9 Å². The predicted molar refractivity (Wildman–Crippen MR) is 73.2 cm³/mol. The molecule has 2 aromatic rings. The highest BCUT2D eigenvalue weighted by atomic mass is 127. The molecule has 2 nitrogen and oxygen atoms in total. The highest BCUT2D eigenvalue weighted by Crippen LogP contribution is 2.28. The van der Waals surface area contributed by atoms with Gasteiger partial charge in [0.2, 0.25) is 0 Å². The number of halogens is 3. The van der Waals surface area contributed by atoms with Crippen LogP contribution in [0, 0.1) is 15.2 Å². The van der Waals surface area contributed by atoms with Crippen LogP contribution in [0.15, 0.2) is 36.4 Å². The second-order valence-electron chi connectivity index (χ2n) is 3.45. The van der Waals surface area contributed by atoms with E-state index in [0.29, 0.717) is 14.9 Å². The number of nitrogens with one attached hydrogen (secondary N) is 1. The summed E-state index contributed by atoms with van der Waals surface area (Å²) in [7, 11) is 0. The largest absolute Gasteiger partial charge is 0.395 e. The highest BCUT2D eigenvalue weighted by molar-refractivity contribution is 14.1. The van der Waals surface area contributed by atoms with Gasteiger partial charge in [0.05, 0.1) is 17.1 Å². The molecule has 3 N–H and O–H groups in total. The summed E-state index contributed by atoms with van der Waals surface area (Å²) < 4.78 is 26.8. The van der Waals surface area contributed by atoms with Crippen molar-refractivity contribution in [1.29, 1.82) is 0 Å². The van der Waals surface area contributed by atoms with Crippen LogP contribution in [-0.4, -0.2) is 0 Å². The third-order valence-electron chi connectivity index (χ3n) is 2.25. The van der Waals surface area contributed by atoms with Crippen LogP contribution in [0.2, 0.25) is 0 Å². The minimum atomic E-state index is -0.480. The van der Waals surface area contributed by atoms with Crippen LogP contribution < -0.4 is 11.1 Å². The molecule has 0 amide bonds. The van der Waals surface area contributed by atoms with Crippen molar-refractivity contribution in [2.45, 2.75) is 0 Å². The molecule has 17 heavy (non-hydrogen) atoms. The summed E-state index contributed by atoms with van der Waals surface area (Å²) in [5, 5.41) is 2.97. The Morgan fingerprint density at radius 1 is 1.06 bits per heavy atom. The first kappa shape index (κ1) is 12.1. The summed E-state index contributed by atoms with van der Waals surface area (Å²) in [5.41, 5.74) is 6.80. The molecule has 0 aliphatic heterocycles. The molecule has 0 radical (unpaired) electrons. The minimum Gasteiger partial charge on any atom is -0.395 e. The molecule has 88 valence electrons. The number of para-hydroxylation sites is 1. The van der Waals surface area contributed by atoms with E-state index in [1.165, 1.54) is 18.2 Å². The first-order valence-corrected chi connectivity index (χ1v) is 5.92. The Morgan fingerprint density at radius 3 is 2.53 bits per heavy atom. The smallest absolute Gasteiger partial charge is 0.148 e. The molecule has 2 aromatic carbocycles. The van der Waals surface area contributed by atoms with E-state index in [9.17, 15) is 8.78 Å². The Hall–Kier alpha value is -1.37. The van der Waals surface area contributed by atoms with E-state index in [2.05, 4.69) is 5.32 Å². The normalized spacial score (nSPS) is 10.3. The molecule has 0 spiro atoms.